The molecule has 2 N–H and O–H groups in total. The predicted molar refractivity (Wildman–Crippen MR) is 98.9 cm³/mol. The molecule has 1 aromatic heterocycles. The third kappa shape index (κ3) is 3.46. The molecular formula is C18H19N3O3S. The summed E-state index contributed by atoms with van der Waals surface area (Å²) >= 11 is 1.09. The molecule has 0 spiro atoms. The molecule has 1 aliphatic heterocycles. The lowest BCUT2D eigenvalue weighted by molar-refractivity contribution is -0.116. The number of hydrogen-bond acceptors (Lipinski definition) is 5. The van der Waals surface area contributed by atoms with E-state index in [-0.39, 0.29) is 22.7 Å². The Labute approximate surface area is 149 Å². The number of nitrogens with one attached hydrogen (secondary N) is 1. The van der Waals surface area contributed by atoms with Gasteiger partial charge in [-0.05, 0) is 32.4 Å². The normalized spacial score (nSPS) is 15.5. The number of amides is 1. The van der Waals surface area contributed by atoms with E-state index in [4.69, 9.17) is 0 Å². The molecule has 6 nitrogen and oxygen atoms in total. The van der Waals surface area contributed by atoms with Gasteiger partial charge in [-0.25, -0.2) is 0 Å². The zero-order chi connectivity index (χ0) is 18.2. The first-order valence-corrected chi connectivity index (χ1v) is 8.81. The van der Waals surface area contributed by atoms with Gasteiger partial charge >= 0.3 is 0 Å². The highest BCUT2D eigenvalue weighted by molar-refractivity contribution is 7.99. The van der Waals surface area contributed by atoms with Crippen molar-refractivity contribution in [1.82, 2.24) is 9.97 Å². The Kier molecular flexibility index (Phi) is 4.43. The lowest BCUT2D eigenvalue weighted by Gasteiger charge is -2.41. The summed E-state index contributed by atoms with van der Waals surface area (Å²) in [6.45, 7) is 6.02. The van der Waals surface area contributed by atoms with E-state index < -0.39 is 11.1 Å². The number of allylic oxidation sites excluding steroid dienone is 1. The third-order valence-corrected chi connectivity index (χ3v) is 4.86. The van der Waals surface area contributed by atoms with Gasteiger partial charge in [0, 0.05) is 5.56 Å². The number of aromatic hydroxyl groups is 1. The molecule has 0 saturated carbocycles. The van der Waals surface area contributed by atoms with Crippen LogP contribution in [0.3, 0.4) is 0 Å². The van der Waals surface area contributed by atoms with Crippen LogP contribution in [-0.4, -0.2) is 32.3 Å². The summed E-state index contributed by atoms with van der Waals surface area (Å²) in [7, 11) is 0. The van der Waals surface area contributed by atoms with Crippen molar-refractivity contribution >= 4 is 28.9 Å². The maximum Gasteiger partial charge on any atom is 0.255 e. The number of H-pyrrole nitrogens is 1. The second-order valence-electron chi connectivity index (χ2n) is 6.42. The van der Waals surface area contributed by atoms with Crippen molar-refractivity contribution in [2.45, 2.75) is 31.5 Å². The number of carbonyl (C=O) groups excluding carboxylic acids is 1. The summed E-state index contributed by atoms with van der Waals surface area (Å²) in [5.41, 5.74) is 2.12. The fraction of sp³-hybridized carbons (Fsp3) is 0.278. The van der Waals surface area contributed by atoms with Crippen molar-refractivity contribution < 1.29 is 9.90 Å². The number of nitrogens with zero attached hydrogens (tertiary/aromatic N) is 2. The fourth-order valence-corrected chi connectivity index (χ4v) is 3.85. The van der Waals surface area contributed by atoms with Crippen molar-refractivity contribution in [3.63, 3.8) is 0 Å². The lowest BCUT2D eigenvalue weighted by atomic mass is 9.89. The molecule has 2 aromatic rings. The number of hydrogen-bond donors (Lipinski definition) is 2. The maximum atomic E-state index is 12.9. The number of aromatic nitrogens is 2. The number of carbonyl (C=O) groups is 1. The van der Waals surface area contributed by atoms with Crippen molar-refractivity contribution in [3.8, 4) is 5.88 Å². The zero-order valence-electron chi connectivity index (χ0n) is 14.2. The molecule has 0 bridgehead atoms. The number of aromatic amines is 1. The number of para-hydroxylation sites is 1. The van der Waals surface area contributed by atoms with Gasteiger partial charge in [-0.3, -0.25) is 9.59 Å². The summed E-state index contributed by atoms with van der Waals surface area (Å²) in [4.78, 5) is 32.4. The van der Waals surface area contributed by atoms with Gasteiger partial charge in [-0.15, -0.1) is 0 Å². The maximum absolute atomic E-state index is 12.9. The summed E-state index contributed by atoms with van der Waals surface area (Å²) in [6, 6.07) is 8.79. The van der Waals surface area contributed by atoms with E-state index in [1.165, 1.54) is 0 Å². The number of fused-ring (bicyclic) bond motifs is 1. The molecule has 0 unspecified atom stereocenters. The molecular weight excluding hydrogens is 338 g/mol. The van der Waals surface area contributed by atoms with Crippen LogP contribution in [0.15, 0.2) is 46.4 Å². The molecule has 0 saturated heterocycles. The van der Waals surface area contributed by atoms with Crippen LogP contribution in [-0.2, 0) is 4.79 Å². The number of benzene rings is 1. The minimum atomic E-state index is -0.463. The van der Waals surface area contributed by atoms with E-state index in [9.17, 15) is 14.7 Å². The van der Waals surface area contributed by atoms with Crippen molar-refractivity contribution in [2.75, 3.05) is 10.7 Å². The van der Waals surface area contributed by atoms with Crippen LogP contribution in [0.4, 0.5) is 5.69 Å². The van der Waals surface area contributed by atoms with E-state index in [0.29, 0.717) is 0 Å². The Balaban J connectivity index is 1.87. The highest BCUT2D eigenvalue weighted by Gasteiger charge is 2.35. The summed E-state index contributed by atoms with van der Waals surface area (Å²) in [5, 5.41) is 9.62. The average molecular weight is 357 g/mol. The second kappa shape index (κ2) is 6.40. The Morgan fingerprint density at radius 1 is 1.36 bits per heavy atom. The van der Waals surface area contributed by atoms with Gasteiger partial charge in [0.25, 0.3) is 5.56 Å². The molecule has 1 aromatic carbocycles. The molecule has 3 rings (SSSR count). The second-order valence-corrected chi connectivity index (χ2v) is 7.39. The first-order chi connectivity index (χ1) is 11.8. The first-order valence-electron chi connectivity index (χ1n) is 7.83. The van der Waals surface area contributed by atoms with Crippen molar-refractivity contribution in [3.05, 3.63) is 52.3 Å². The van der Waals surface area contributed by atoms with Crippen LogP contribution in [0, 0.1) is 0 Å². The molecule has 7 heteroatoms. The van der Waals surface area contributed by atoms with Crippen molar-refractivity contribution in [1.29, 1.82) is 0 Å². The van der Waals surface area contributed by atoms with Crippen LogP contribution in [0.1, 0.15) is 26.3 Å². The van der Waals surface area contributed by atoms with Crippen molar-refractivity contribution in [2.24, 2.45) is 0 Å². The highest BCUT2D eigenvalue weighted by Crippen LogP contribution is 2.39. The molecule has 0 aliphatic carbocycles. The van der Waals surface area contributed by atoms with Crippen LogP contribution in [0.5, 0.6) is 5.88 Å². The molecule has 1 aliphatic rings. The minimum absolute atomic E-state index is 0.0943. The van der Waals surface area contributed by atoms with E-state index in [1.54, 1.807) is 4.90 Å². The monoisotopic (exact) mass is 357 g/mol. The van der Waals surface area contributed by atoms with Gasteiger partial charge in [0.2, 0.25) is 11.8 Å². The number of rotatable bonds is 3. The first kappa shape index (κ1) is 17.3. The number of anilines is 1. The topological polar surface area (TPSA) is 86.3 Å². The largest absolute Gasteiger partial charge is 0.493 e. The summed E-state index contributed by atoms with van der Waals surface area (Å²) in [5.74, 6) is -0.366. The molecule has 0 fully saturated rings. The molecule has 2 heterocycles. The Morgan fingerprint density at radius 3 is 2.80 bits per heavy atom. The molecule has 1 amide bonds. The fourth-order valence-electron chi connectivity index (χ4n) is 3.13. The number of thioether (sulfide) groups is 1. The highest BCUT2D eigenvalue weighted by atomic mass is 32.2. The molecule has 130 valence electrons. The van der Waals surface area contributed by atoms with Gasteiger partial charge in [0.05, 0.1) is 23.0 Å². The van der Waals surface area contributed by atoms with E-state index in [2.05, 4.69) is 16.0 Å². The lowest BCUT2D eigenvalue weighted by Crippen LogP contribution is -2.49. The summed E-state index contributed by atoms with van der Waals surface area (Å²) < 4.78 is 0. The van der Waals surface area contributed by atoms with Crippen LogP contribution in [0.2, 0.25) is 0 Å². The van der Waals surface area contributed by atoms with E-state index in [0.717, 1.165) is 34.7 Å². The van der Waals surface area contributed by atoms with Crippen LogP contribution >= 0.6 is 11.8 Å². The van der Waals surface area contributed by atoms with E-state index in [1.807, 2.05) is 45.0 Å². The van der Waals surface area contributed by atoms with E-state index >= 15 is 0 Å². The molecule has 0 atom stereocenters. The van der Waals surface area contributed by atoms with Gasteiger partial charge in [0.1, 0.15) is 0 Å². The Hall–Kier alpha value is -2.54. The average Bonchev–Trinajstić information content (AvgIpc) is 2.51. The molecule has 0 radical (unpaired) electrons. The van der Waals surface area contributed by atoms with Gasteiger partial charge in [-0.1, -0.05) is 36.0 Å². The quantitative estimate of drug-likeness (QED) is 0.652. The zero-order valence-corrected chi connectivity index (χ0v) is 15.1. The van der Waals surface area contributed by atoms with Gasteiger partial charge < -0.3 is 15.0 Å². The third-order valence-electron chi connectivity index (χ3n) is 4.00. The van der Waals surface area contributed by atoms with Gasteiger partial charge in [0.15, 0.2) is 5.16 Å². The smallest absolute Gasteiger partial charge is 0.255 e. The van der Waals surface area contributed by atoms with Crippen LogP contribution in [0.25, 0.3) is 5.57 Å². The standard InChI is InChI=1S/C18H19N3O3S/c1-11-9-18(2,3)21(13-7-5-4-6-12(11)13)16(24)10-25-17-19-14(22)8-15(23)20-17/h4-9H,10H2,1-3H3,(H2,19,20,22,23). The Bertz CT molecular complexity index is 918. The van der Waals surface area contributed by atoms with Crippen LogP contribution < -0.4 is 10.5 Å². The molecule has 25 heavy (non-hydrogen) atoms. The SMILES string of the molecule is CC1=CC(C)(C)N(C(=O)CSc2nc(O)cc(=O)[nH]2)c2ccccc21. The predicted octanol–water partition coefficient (Wildman–Crippen LogP) is 2.80. The minimum Gasteiger partial charge on any atom is -0.493 e. The summed E-state index contributed by atoms with van der Waals surface area (Å²) in [6.07, 6.45) is 2.08. The van der Waals surface area contributed by atoms with Gasteiger partial charge in [-0.2, -0.15) is 4.98 Å². The Morgan fingerprint density at radius 2 is 2.08 bits per heavy atom.